The number of hydrogen-bond acceptors (Lipinski definition) is 7. The van der Waals surface area contributed by atoms with Crippen molar-refractivity contribution in [3.63, 3.8) is 0 Å². The Bertz CT molecular complexity index is 682. The van der Waals surface area contributed by atoms with Crippen LogP contribution >= 0.6 is 0 Å². The summed E-state index contributed by atoms with van der Waals surface area (Å²) in [6, 6.07) is 3.34. The molecule has 1 saturated heterocycles. The van der Waals surface area contributed by atoms with Crippen molar-refractivity contribution in [1.29, 1.82) is 0 Å². The van der Waals surface area contributed by atoms with E-state index in [0.717, 1.165) is 12.8 Å². The fraction of sp³-hybridized carbons (Fsp3) is 0.533. The van der Waals surface area contributed by atoms with Gasteiger partial charge in [0.1, 0.15) is 0 Å². The van der Waals surface area contributed by atoms with Crippen LogP contribution in [0.15, 0.2) is 16.7 Å². The van der Waals surface area contributed by atoms with E-state index >= 15 is 0 Å². The predicted octanol–water partition coefficient (Wildman–Crippen LogP) is 1.47. The van der Waals surface area contributed by atoms with Crippen molar-refractivity contribution in [3.05, 3.63) is 29.5 Å². The number of carbonyl (C=O) groups is 1. The SMILES string of the molecule is CCc1nc(C2CCCN2C(=O)c2ccc(N(C)C)nn2)no1. The summed E-state index contributed by atoms with van der Waals surface area (Å²) in [6.07, 6.45) is 2.43. The van der Waals surface area contributed by atoms with Gasteiger partial charge in [-0.15, -0.1) is 10.2 Å². The van der Waals surface area contributed by atoms with E-state index in [9.17, 15) is 4.79 Å². The summed E-state index contributed by atoms with van der Waals surface area (Å²) in [5, 5.41) is 12.1. The van der Waals surface area contributed by atoms with Crippen LogP contribution < -0.4 is 4.90 Å². The molecule has 0 N–H and O–H groups in total. The van der Waals surface area contributed by atoms with E-state index < -0.39 is 0 Å². The predicted molar refractivity (Wildman–Crippen MR) is 83.0 cm³/mol. The largest absolute Gasteiger partial charge is 0.361 e. The van der Waals surface area contributed by atoms with E-state index in [4.69, 9.17) is 4.52 Å². The van der Waals surface area contributed by atoms with Gasteiger partial charge in [0.25, 0.3) is 5.91 Å². The van der Waals surface area contributed by atoms with Crippen LogP contribution in [0.5, 0.6) is 0 Å². The van der Waals surface area contributed by atoms with Gasteiger partial charge >= 0.3 is 0 Å². The number of anilines is 1. The minimum atomic E-state index is -0.151. The second kappa shape index (κ2) is 6.31. The highest BCUT2D eigenvalue weighted by atomic mass is 16.5. The molecule has 1 amide bonds. The second-order valence-electron chi connectivity index (χ2n) is 5.73. The van der Waals surface area contributed by atoms with Crippen molar-refractivity contribution >= 4 is 11.7 Å². The first kappa shape index (κ1) is 15.4. The highest BCUT2D eigenvalue weighted by Crippen LogP contribution is 2.31. The number of aryl methyl sites for hydroxylation is 1. The topological polar surface area (TPSA) is 88.3 Å². The molecular weight excluding hydrogens is 296 g/mol. The van der Waals surface area contributed by atoms with Crippen molar-refractivity contribution in [2.24, 2.45) is 0 Å². The van der Waals surface area contributed by atoms with E-state index in [-0.39, 0.29) is 11.9 Å². The van der Waals surface area contributed by atoms with E-state index in [0.29, 0.717) is 36.2 Å². The molecule has 3 rings (SSSR count). The number of hydrogen-bond donors (Lipinski definition) is 0. The van der Waals surface area contributed by atoms with Crippen LogP contribution in [0.1, 0.15) is 48.0 Å². The molecule has 0 spiro atoms. The molecular formula is C15H20N6O2. The summed E-state index contributed by atoms with van der Waals surface area (Å²) in [5.41, 5.74) is 0.335. The molecule has 0 aromatic carbocycles. The number of aromatic nitrogens is 4. The van der Waals surface area contributed by atoms with Gasteiger partial charge in [-0.3, -0.25) is 4.79 Å². The van der Waals surface area contributed by atoms with Crippen LogP contribution in [0.3, 0.4) is 0 Å². The normalized spacial score (nSPS) is 17.5. The molecule has 2 aromatic heterocycles. The lowest BCUT2D eigenvalue weighted by Gasteiger charge is -2.21. The molecule has 0 aliphatic carbocycles. The number of likely N-dealkylation sites (tertiary alicyclic amines) is 1. The lowest BCUT2D eigenvalue weighted by atomic mass is 10.2. The van der Waals surface area contributed by atoms with Crippen molar-refractivity contribution < 1.29 is 9.32 Å². The Morgan fingerprint density at radius 2 is 2.22 bits per heavy atom. The zero-order valence-electron chi connectivity index (χ0n) is 13.6. The Kier molecular flexibility index (Phi) is 4.22. The Labute approximate surface area is 134 Å². The molecule has 1 atom stereocenters. The standard InChI is InChI=1S/C15H20N6O2/c1-4-13-16-14(19-23-13)11-6-5-9-21(11)15(22)10-7-8-12(18-17-10)20(2)3/h7-8,11H,4-6,9H2,1-3H3. The average Bonchev–Trinajstić information content (AvgIpc) is 3.22. The van der Waals surface area contributed by atoms with Crippen molar-refractivity contribution in [2.75, 3.05) is 25.5 Å². The number of nitrogens with zero attached hydrogens (tertiary/aromatic N) is 6. The van der Waals surface area contributed by atoms with Crippen LogP contribution in [-0.2, 0) is 6.42 Å². The molecule has 1 aliphatic heterocycles. The third kappa shape index (κ3) is 3.01. The molecule has 122 valence electrons. The Balaban J connectivity index is 1.80. The van der Waals surface area contributed by atoms with Gasteiger partial charge in [0.2, 0.25) is 5.89 Å². The Hall–Kier alpha value is -2.51. The van der Waals surface area contributed by atoms with Crippen LogP contribution in [-0.4, -0.2) is 51.8 Å². The molecule has 3 heterocycles. The first-order valence-corrected chi connectivity index (χ1v) is 7.74. The van der Waals surface area contributed by atoms with Gasteiger partial charge in [-0.05, 0) is 25.0 Å². The summed E-state index contributed by atoms with van der Waals surface area (Å²) in [6.45, 7) is 2.62. The molecule has 8 nitrogen and oxygen atoms in total. The van der Waals surface area contributed by atoms with Gasteiger partial charge in [-0.1, -0.05) is 12.1 Å². The fourth-order valence-electron chi connectivity index (χ4n) is 2.65. The summed E-state index contributed by atoms with van der Waals surface area (Å²) in [4.78, 5) is 20.7. The van der Waals surface area contributed by atoms with Crippen LogP contribution in [0.4, 0.5) is 5.82 Å². The van der Waals surface area contributed by atoms with Gasteiger partial charge < -0.3 is 14.3 Å². The number of rotatable bonds is 4. The molecule has 0 saturated carbocycles. The van der Waals surface area contributed by atoms with Gasteiger partial charge in [-0.25, -0.2) is 0 Å². The quantitative estimate of drug-likeness (QED) is 0.843. The van der Waals surface area contributed by atoms with Gasteiger partial charge in [0, 0.05) is 27.1 Å². The van der Waals surface area contributed by atoms with Crippen LogP contribution in [0, 0.1) is 0 Å². The smallest absolute Gasteiger partial charge is 0.274 e. The summed E-state index contributed by atoms with van der Waals surface area (Å²) < 4.78 is 5.17. The molecule has 0 bridgehead atoms. The maximum Gasteiger partial charge on any atom is 0.274 e. The second-order valence-corrected chi connectivity index (χ2v) is 5.73. The summed E-state index contributed by atoms with van der Waals surface area (Å²) in [5.74, 6) is 1.73. The molecule has 1 aliphatic rings. The van der Waals surface area contributed by atoms with Crippen LogP contribution in [0.25, 0.3) is 0 Å². The maximum absolute atomic E-state index is 12.7. The summed E-state index contributed by atoms with van der Waals surface area (Å²) in [7, 11) is 3.76. The molecule has 1 fully saturated rings. The monoisotopic (exact) mass is 316 g/mol. The molecule has 8 heteroatoms. The number of amides is 1. The van der Waals surface area contributed by atoms with Gasteiger partial charge in [0.15, 0.2) is 17.3 Å². The Morgan fingerprint density at radius 3 is 2.83 bits per heavy atom. The first-order chi connectivity index (χ1) is 11.1. The third-order valence-corrected chi connectivity index (χ3v) is 3.93. The van der Waals surface area contributed by atoms with Crippen LogP contribution in [0.2, 0.25) is 0 Å². The molecule has 2 aromatic rings. The zero-order valence-corrected chi connectivity index (χ0v) is 13.6. The highest BCUT2D eigenvalue weighted by Gasteiger charge is 2.34. The number of carbonyl (C=O) groups excluding carboxylic acids is 1. The molecule has 1 unspecified atom stereocenters. The highest BCUT2D eigenvalue weighted by molar-refractivity contribution is 5.92. The van der Waals surface area contributed by atoms with E-state index in [1.54, 1.807) is 17.0 Å². The van der Waals surface area contributed by atoms with E-state index in [1.807, 2.05) is 25.9 Å². The molecule has 0 radical (unpaired) electrons. The van der Waals surface area contributed by atoms with Crippen molar-refractivity contribution in [3.8, 4) is 0 Å². The fourth-order valence-corrected chi connectivity index (χ4v) is 2.65. The minimum absolute atomic E-state index is 0.145. The maximum atomic E-state index is 12.7. The first-order valence-electron chi connectivity index (χ1n) is 7.74. The third-order valence-electron chi connectivity index (χ3n) is 3.93. The average molecular weight is 316 g/mol. The van der Waals surface area contributed by atoms with E-state index in [2.05, 4.69) is 20.3 Å². The van der Waals surface area contributed by atoms with Crippen molar-refractivity contribution in [1.82, 2.24) is 25.2 Å². The minimum Gasteiger partial charge on any atom is -0.361 e. The lowest BCUT2D eigenvalue weighted by molar-refractivity contribution is 0.0721. The summed E-state index contributed by atoms with van der Waals surface area (Å²) >= 11 is 0. The van der Waals surface area contributed by atoms with Gasteiger partial charge in [0.05, 0.1) is 6.04 Å². The van der Waals surface area contributed by atoms with E-state index in [1.165, 1.54) is 0 Å². The Morgan fingerprint density at radius 1 is 1.39 bits per heavy atom. The lowest BCUT2D eigenvalue weighted by Crippen LogP contribution is -2.32. The zero-order chi connectivity index (χ0) is 16.4. The molecule has 23 heavy (non-hydrogen) atoms. The van der Waals surface area contributed by atoms with Gasteiger partial charge in [-0.2, -0.15) is 4.98 Å². The van der Waals surface area contributed by atoms with Crippen molar-refractivity contribution in [2.45, 2.75) is 32.2 Å².